The van der Waals surface area contributed by atoms with Crippen molar-refractivity contribution in [3.63, 3.8) is 0 Å². The van der Waals surface area contributed by atoms with Crippen molar-refractivity contribution in [1.29, 1.82) is 0 Å². The lowest BCUT2D eigenvalue weighted by Crippen LogP contribution is -2.23. The summed E-state index contributed by atoms with van der Waals surface area (Å²) < 4.78 is 2.40. The van der Waals surface area contributed by atoms with Crippen LogP contribution in [0.4, 0.5) is 0 Å². The van der Waals surface area contributed by atoms with Crippen molar-refractivity contribution in [1.82, 2.24) is 14.7 Å². The van der Waals surface area contributed by atoms with E-state index in [1.165, 1.54) is 58.8 Å². The van der Waals surface area contributed by atoms with Crippen LogP contribution in [0.25, 0.3) is 16.2 Å². The predicted octanol–water partition coefficient (Wildman–Crippen LogP) is 3.90. The Labute approximate surface area is 140 Å². The van der Waals surface area contributed by atoms with E-state index in [4.69, 9.17) is 4.98 Å². The average molecular weight is 323 g/mol. The van der Waals surface area contributed by atoms with Crippen molar-refractivity contribution in [2.75, 3.05) is 6.54 Å². The Morgan fingerprint density at radius 1 is 1.13 bits per heavy atom. The van der Waals surface area contributed by atoms with Gasteiger partial charge in [0.2, 0.25) is 0 Å². The van der Waals surface area contributed by atoms with Gasteiger partial charge in [0, 0.05) is 41.3 Å². The second kappa shape index (κ2) is 5.18. The molecule has 0 atom stereocenters. The molecule has 0 spiro atoms. The third-order valence-corrected chi connectivity index (χ3v) is 6.41. The summed E-state index contributed by atoms with van der Waals surface area (Å²) in [5.41, 5.74) is 8.32. The molecule has 0 saturated carbocycles. The van der Waals surface area contributed by atoms with E-state index in [9.17, 15) is 0 Å². The number of rotatable bonds is 1. The second-order valence-corrected chi connectivity index (χ2v) is 7.82. The normalized spacial score (nSPS) is 17.3. The van der Waals surface area contributed by atoms with Crippen LogP contribution in [0.3, 0.4) is 0 Å². The number of benzene rings is 1. The third-order valence-electron chi connectivity index (χ3n) is 5.33. The molecule has 1 aliphatic heterocycles. The van der Waals surface area contributed by atoms with Gasteiger partial charge in [0.05, 0.1) is 5.69 Å². The fraction of sp³-hybridized carbons (Fsp3) is 0.421. The lowest BCUT2D eigenvalue weighted by atomic mass is 9.90. The molecule has 5 rings (SSSR count). The lowest BCUT2D eigenvalue weighted by Gasteiger charge is -2.16. The fourth-order valence-electron chi connectivity index (χ4n) is 4.11. The molecule has 3 heterocycles. The van der Waals surface area contributed by atoms with Gasteiger partial charge in [0.15, 0.2) is 4.96 Å². The zero-order valence-electron chi connectivity index (χ0n) is 13.5. The van der Waals surface area contributed by atoms with Crippen molar-refractivity contribution in [3.05, 3.63) is 45.6 Å². The minimum atomic E-state index is 0.997. The molecule has 1 N–H and O–H groups in total. The molecule has 0 bridgehead atoms. The Morgan fingerprint density at radius 3 is 2.91 bits per heavy atom. The summed E-state index contributed by atoms with van der Waals surface area (Å²) in [5.74, 6) is 0. The lowest BCUT2D eigenvalue weighted by molar-refractivity contribution is 0.636. The molecular weight excluding hydrogens is 302 g/mol. The van der Waals surface area contributed by atoms with Crippen LogP contribution >= 0.6 is 11.3 Å². The molecular formula is C19H21N3S. The topological polar surface area (TPSA) is 29.3 Å². The number of aromatic nitrogens is 2. The molecule has 3 nitrogen and oxygen atoms in total. The van der Waals surface area contributed by atoms with Crippen molar-refractivity contribution >= 4 is 16.3 Å². The maximum absolute atomic E-state index is 4.99. The van der Waals surface area contributed by atoms with Gasteiger partial charge in [-0.1, -0.05) is 23.5 Å². The standard InChI is InChI=1S/C19H21N3S/c1-12-18(15-7-6-13-4-2-3-5-14(13)10-15)21-19-22(12)16-8-9-20-11-17(16)23-19/h6-7,10,20H,2-5,8-9,11H2,1H3. The van der Waals surface area contributed by atoms with Crippen LogP contribution in [0.2, 0.25) is 0 Å². The van der Waals surface area contributed by atoms with E-state index < -0.39 is 0 Å². The first-order valence-electron chi connectivity index (χ1n) is 8.64. The Balaban J connectivity index is 1.66. The zero-order valence-corrected chi connectivity index (χ0v) is 14.3. The summed E-state index contributed by atoms with van der Waals surface area (Å²) in [6, 6.07) is 7.00. The van der Waals surface area contributed by atoms with Crippen molar-refractivity contribution in [3.8, 4) is 11.3 Å². The summed E-state index contributed by atoms with van der Waals surface area (Å²) in [4.78, 5) is 7.60. The molecule has 4 heteroatoms. The summed E-state index contributed by atoms with van der Waals surface area (Å²) in [6.07, 6.45) is 6.25. The number of hydrogen-bond donors (Lipinski definition) is 1. The monoisotopic (exact) mass is 323 g/mol. The van der Waals surface area contributed by atoms with Crippen LogP contribution in [0, 0.1) is 6.92 Å². The Bertz CT molecular complexity index is 903. The molecule has 3 aromatic rings. The van der Waals surface area contributed by atoms with Gasteiger partial charge in [-0.3, -0.25) is 4.40 Å². The van der Waals surface area contributed by atoms with Gasteiger partial charge in [0.1, 0.15) is 0 Å². The predicted molar refractivity (Wildman–Crippen MR) is 95.3 cm³/mol. The van der Waals surface area contributed by atoms with E-state index in [2.05, 4.69) is 34.8 Å². The molecule has 0 radical (unpaired) electrons. The van der Waals surface area contributed by atoms with E-state index >= 15 is 0 Å². The molecule has 0 saturated heterocycles. The number of thiazole rings is 1. The molecule has 2 aromatic heterocycles. The van der Waals surface area contributed by atoms with Gasteiger partial charge < -0.3 is 5.32 Å². The molecule has 2 aliphatic rings. The Kier molecular flexibility index (Phi) is 3.10. The van der Waals surface area contributed by atoms with Gasteiger partial charge in [-0.2, -0.15) is 0 Å². The molecule has 0 amide bonds. The molecule has 0 unspecified atom stereocenters. The van der Waals surface area contributed by atoms with Gasteiger partial charge in [-0.05, 0) is 49.8 Å². The van der Waals surface area contributed by atoms with E-state index in [1.54, 1.807) is 5.56 Å². The maximum Gasteiger partial charge on any atom is 0.194 e. The zero-order chi connectivity index (χ0) is 15.4. The second-order valence-electron chi connectivity index (χ2n) is 6.75. The first-order chi connectivity index (χ1) is 11.3. The van der Waals surface area contributed by atoms with Gasteiger partial charge in [-0.25, -0.2) is 4.98 Å². The Morgan fingerprint density at radius 2 is 2.00 bits per heavy atom. The maximum atomic E-state index is 4.99. The number of fused-ring (bicyclic) bond motifs is 4. The fourth-order valence-corrected chi connectivity index (χ4v) is 5.29. The quantitative estimate of drug-likeness (QED) is 0.736. The smallest absolute Gasteiger partial charge is 0.194 e. The first-order valence-corrected chi connectivity index (χ1v) is 9.45. The Hall–Kier alpha value is -1.65. The number of hydrogen-bond acceptors (Lipinski definition) is 3. The highest BCUT2D eigenvalue weighted by Crippen LogP contribution is 2.34. The van der Waals surface area contributed by atoms with E-state index in [1.807, 2.05) is 11.3 Å². The third kappa shape index (κ3) is 2.08. The molecule has 118 valence electrons. The minimum Gasteiger partial charge on any atom is -0.311 e. The van der Waals surface area contributed by atoms with Crippen LogP contribution < -0.4 is 5.32 Å². The van der Waals surface area contributed by atoms with Crippen LogP contribution in [-0.4, -0.2) is 15.9 Å². The number of nitrogens with zero attached hydrogens (tertiary/aromatic N) is 2. The largest absolute Gasteiger partial charge is 0.311 e. The van der Waals surface area contributed by atoms with Gasteiger partial charge in [-0.15, -0.1) is 0 Å². The summed E-state index contributed by atoms with van der Waals surface area (Å²) >= 11 is 1.85. The molecule has 0 fully saturated rings. The molecule has 1 aliphatic carbocycles. The molecule has 23 heavy (non-hydrogen) atoms. The van der Waals surface area contributed by atoms with Crippen LogP contribution in [-0.2, 0) is 25.8 Å². The van der Waals surface area contributed by atoms with Crippen molar-refractivity contribution < 1.29 is 0 Å². The van der Waals surface area contributed by atoms with E-state index in [0.717, 1.165) is 24.5 Å². The summed E-state index contributed by atoms with van der Waals surface area (Å²) in [6.45, 7) is 4.30. The van der Waals surface area contributed by atoms with E-state index in [0.29, 0.717) is 0 Å². The van der Waals surface area contributed by atoms with Crippen molar-refractivity contribution in [2.24, 2.45) is 0 Å². The first kappa shape index (κ1) is 13.8. The van der Waals surface area contributed by atoms with Crippen LogP contribution in [0.1, 0.15) is 40.2 Å². The minimum absolute atomic E-state index is 0.997. The van der Waals surface area contributed by atoms with Gasteiger partial charge in [0.25, 0.3) is 0 Å². The average Bonchev–Trinajstić information content (AvgIpc) is 3.11. The number of imidazole rings is 1. The summed E-state index contributed by atoms with van der Waals surface area (Å²) in [5, 5.41) is 3.46. The highest BCUT2D eigenvalue weighted by atomic mass is 32.1. The summed E-state index contributed by atoms with van der Waals surface area (Å²) in [7, 11) is 0. The van der Waals surface area contributed by atoms with Crippen LogP contribution in [0.15, 0.2) is 18.2 Å². The SMILES string of the molecule is Cc1c(-c2ccc3c(c2)CCCC3)nc2sc3c(n12)CCNC3. The number of aryl methyl sites for hydroxylation is 3. The highest BCUT2D eigenvalue weighted by molar-refractivity contribution is 7.17. The van der Waals surface area contributed by atoms with E-state index in [-0.39, 0.29) is 0 Å². The highest BCUT2D eigenvalue weighted by Gasteiger charge is 2.21. The molecule has 1 aromatic carbocycles. The van der Waals surface area contributed by atoms with Gasteiger partial charge >= 0.3 is 0 Å². The number of nitrogens with one attached hydrogen (secondary N) is 1. The van der Waals surface area contributed by atoms with Crippen molar-refractivity contribution in [2.45, 2.75) is 45.6 Å². The van der Waals surface area contributed by atoms with Crippen LogP contribution in [0.5, 0.6) is 0 Å².